The average molecular weight is 260 g/mol. The molecular formula is C13H9F5. The molecule has 0 aliphatic heterocycles. The van der Waals surface area contributed by atoms with Crippen molar-refractivity contribution in [3.05, 3.63) is 48.0 Å². The van der Waals surface area contributed by atoms with E-state index in [0.717, 1.165) is 0 Å². The summed E-state index contributed by atoms with van der Waals surface area (Å²) in [5.74, 6) is -4.71. The van der Waals surface area contributed by atoms with Crippen molar-refractivity contribution in [2.45, 2.75) is 18.5 Å². The number of alkyl halides is 5. The molecule has 0 saturated heterocycles. The fourth-order valence-electron chi connectivity index (χ4n) is 1.79. The van der Waals surface area contributed by atoms with Crippen molar-refractivity contribution in [2.24, 2.45) is 0 Å². The second kappa shape index (κ2) is 4.23. The minimum atomic E-state index is -5.52. The Morgan fingerprint density at radius 3 is 2.06 bits per heavy atom. The lowest BCUT2D eigenvalue weighted by Crippen LogP contribution is -2.38. The molecule has 0 bridgehead atoms. The van der Waals surface area contributed by atoms with Crippen LogP contribution in [0.1, 0.15) is 5.56 Å². The van der Waals surface area contributed by atoms with Crippen LogP contribution < -0.4 is 0 Å². The molecule has 0 atom stereocenters. The maximum Gasteiger partial charge on any atom is 0.453 e. The van der Waals surface area contributed by atoms with Crippen LogP contribution >= 0.6 is 0 Å². The standard InChI is InChI=1S/C13H9F5/c14-12(15,13(16,17)18)8-10-6-3-5-9-4-1-2-7-11(9)10/h1-7H,8H2. The van der Waals surface area contributed by atoms with Crippen molar-refractivity contribution in [1.29, 1.82) is 0 Å². The highest BCUT2D eigenvalue weighted by Gasteiger charge is 2.57. The topological polar surface area (TPSA) is 0 Å². The number of hydrogen-bond donors (Lipinski definition) is 0. The van der Waals surface area contributed by atoms with Crippen LogP contribution in [0.3, 0.4) is 0 Å². The molecule has 2 rings (SSSR count). The molecule has 0 nitrogen and oxygen atoms in total. The van der Waals surface area contributed by atoms with Gasteiger partial charge < -0.3 is 0 Å². The molecule has 0 aromatic heterocycles. The minimum absolute atomic E-state index is 0.00424. The van der Waals surface area contributed by atoms with Gasteiger partial charge in [-0.3, -0.25) is 0 Å². The summed E-state index contributed by atoms with van der Waals surface area (Å²) in [6, 6.07) is 11.0. The quantitative estimate of drug-likeness (QED) is 0.693. The molecular weight excluding hydrogens is 251 g/mol. The highest BCUT2D eigenvalue weighted by Crippen LogP contribution is 2.39. The Morgan fingerprint density at radius 1 is 0.778 bits per heavy atom. The summed E-state index contributed by atoms with van der Waals surface area (Å²) in [6.45, 7) is 0. The number of benzene rings is 2. The van der Waals surface area contributed by atoms with Crippen LogP contribution in [0.4, 0.5) is 22.0 Å². The molecule has 2 aromatic rings. The van der Waals surface area contributed by atoms with Crippen LogP contribution in [0.15, 0.2) is 42.5 Å². The molecule has 0 spiro atoms. The fraction of sp³-hybridized carbons (Fsp3) is 0.231. The molecule has 0 radical (unpaired) electrons. The van der Waals surface area contributed by atoms with Gasteiger partial charge >= 0.3 is 12.1 Å². The Kier molecular flexibility index (Phi) is 3.00. The van der Waals surface area contributed by atoms with E-state index in [1.807, 2.05) is 0 Å². The minimum Gasteiger partial charge on any atom is -0.196 e. The largest absolute Gasteiger partial charge is 0.453 e. The zero-order valence-corrected chi connectivity index (χ0v) is 9.14. The first-order chi connectivity index (χ1) is 8.31. The summed E-state index contributed by atoms with van der Waals surface area (Å²) in [4.78, 5) is 0. The molecule has 0 saturated carbocycles. The van der Waals surface area contributed by atoms with Crippen LogP contribution in [0, 0.1) is 0 Å². The average Bonchev–Trinajstić information content (AvgIpc) is 2.27. The van der Waals surface area contributed by atoms with E-state index in [4.69, 9.17) is 0 Å². The first-order valence-corrected chi connectivity index (χ1v) is 5.22. The van der Waals surface area contributed by atoms with Crippen molar-refractivity contribution in [1.82, 2.24) is 0 Å². The van der Waals surface area contributed by atoms with E-state index < -0.39 is 18.5 Å². The third-order valence-electron chi connectivity index (χ3n) is 2.71. The molecule has 0 N–H and O–H groups in total. The Labute approximate surface area is 100 Å². The summed E-state index contributed by atoms with van der Waals surface area (Å²) >= 11 is 0. The third kappa shape index (κ3) is 2.30. The third-order valence-corrected chi connectivity index (χ3v) is 2.71. The van der Waals surface area contributed by atoms with Gasteiger partial charge in [-0.15, -0.1) is 0 Å². The summed E-state index contributed by atoms with van der Waals surface area (Å²) in [5.41, 5.74) is -0.00424. The lowest BCUT2D eigenvalue weighted by Gasteiger charge is -2.20. The predicted molar refractivity (Wildman–Crippen MR) is 58.7 cm³/mol. The normalized spacial score (nSPS) is 12.9. The van der Waals surface area contributed by atoms with Gasteiger partial charge in [-0.05, 0) is 16.3 Å². The van der Waals surface area contributed by atoms with Gasteiger partial charge in [-0.1, -0.05) is 42.5 Å². The van der Waals surface area contributed by atoms with Crippen molar-refractivity contribution in [3.8, 4) is 0 Å². The molecule has 96 valence electrons. The van der Waals surface area contributed by atoms with Crippen LogP contribution in [0.2, 0.25) is 0 Å². The van der Waals surface area contributed by atoms with Crippen LogP contribution in [-0.2, 0) is 6.42 Å². The number of rotatable bonds is 2. The Balaban J connectivity index is 2.44. The van der Waals surface area contributed by atoms with Crippen LogP contribution in [0.5, 0.6) is 0 Å². The summed E-state index contributed by atoms with van der Waals surface area (Å²) < 4.78 is 62.5. The lowest BCUT2D eigenvalue weighted by molar-refractivity contribution is -0.281. The predicted octanol–water partition coefficient (Wildman–Crippen LogP) is 4.58. The van der Waals surface area contributed by atoms with Gasteiger partial charge in [-0.2, -0.15) is 22.0 Å². The van der Waals surface area contributed by atoms with E-state index in [-0.39, 0.29) is 5.56 Å². The van der Waals surface area contributed by atoms with E-state index in [1.54, 1.807) is 24.3 Å². The van der Waals surface area contributed by atoms with E-state index in [0.29, 0.717) is 10.8 Å². The lowest BCUT2D eigenvalue weighted by atomic mass is 9.99. The van der Waals surface area contributed by atoms with E-state index in [9.17, 15) is 22.0 Å². The molecule has 0 heterocycles. The molecule has 18 heavy (non-hydrogen) atoms. The van der Waals surface area contributed by atoms with Gasteiger partial charge in [0.2, 0.25) is 0 Å². The van der Waals surface area contributed by atoms with Crippen LogP contribution in [-0.4, -0.2) is 12.1 Å². The van der Waals surface area contributed by atoms with Crippen molar-refractivity contribution < 1.29 is 22.0 Å². The maximum absolute atomic E-state index is 13.0. The molecule has 0 aliphatic carbocycles. The van der Waals surface area contributed by atoms with Gasteiger partial charge in [0.15, 0.2) is 0 Å². The zero-order valence-electron chi connectivity index (χ0n) is 9.14. The smallest absolute Gasteiger partial charge is 0.196 e. The number of halogens is 5. The van der Waals surface area contributed by atoms with Gasteiger partial charge in [0.25, 0.3) is 0 Å². The second-order valence-electron chi connectivity index (χ2n) is 4.02. The van der Waals surface area contributed by atoms with E-state index in [2.05, 4.69) is 0 Å². The molecule has 0 amide bonds. The fourth-order valence-corrected chi connectivity index (χ4v) is 1.79. The van der Waals surface area contributed by atoms with E-state index >= 15 is 0 Å². The highest BCUT2D eigenvalue weighted by molar-refractivity contribution is 5.85. The van der Waals surface area contributed by atoms with Gasteiger partial charge in [0.1, 0.15) is 0 Å². The molecule has 0 unspecified atom stereocenters. The summed E-state index contributed by atoms with van der Waals surface area (Å²) in [5, 5.41) is 1.07. The maximum atomic E-state index is 13.0. The molecule has 2 aromatic carbocycles. The zero-order chi connectivity index (χ0) is 13.4. The Morgan fingerprint density at radius 2 is 1.39 bits per heavy atom. The van der Waals surface area contributed by atoms with Gasteiger partial charge in [0, 0.05) is 6.42 Å². The molecule has 0 fully saturated rings. The number of hydrogen-bond acceptors (Lipinski definition) is 0. The summed E-state index contributed by atoms with van der Waals surface area (Å²) in [6.07, 6.45) is -6.86. The van der Waals surface area contributed by atoms with Gasteiger partial charge in [0.05, 0.1) is 0 Å². The van der Waals surface area contributed by atoms with Crippen molar-refractivity contribution in [2.75, 3.05) is 0 Å². The summed E-state index contributed by atoms with van der Waals surface area (Å²) in [7, 11) is 0. The molecule has 0 aliphatic rings. The monoisotopic (exact) mass is 260 g/mol. The first kappa shape index (κ1) is 12.8. The SMILES string of the molecule is FC(F)(F)C(F)(F)Cc1cccc2ccccc12. The highest BCUT2D eigenvalue weighted by atomic mass is 19.4. The van der Waals surface area contributed by atoms with Crippen molar-refractivity contribution in [3.63, 3.8) is 0 Å². The van der Waals surface area contributed by atoms with E-state index in [1.165, 1.54) is 18.2 Å². The Hall–Kier alpha value is -1.65. The number of fused-ring (bicyclic) bond motifs is 1. The second-order valence-corrected chi connectivity index (χ2v) is 4.02. The molecule has 5 heteroatoms. The van der Waals surface area contributed by atoms with Crippen molar-refractivity contribution >= 4 is 10.8 Å². The Bertz CT molecular complexity index is 551. The van der Waals surface area contributed by atoms with Gasteiger partial charge in [-0.25, -0.2) is 0 Å². The first-order valence-electron chi connectivity index (χ1n) is 5.22. The van der Waals surface area contributed by atoms with Crippen LogP contribution in [0.25, 0.3) is 10.8 Å².